The zero-order valence-electron chi connectivity index (χ0n) is 10.1. The van der Waals surface area contributed by atoms with Crippen molar-refractivity contribution in [2.45, 2.75) is 11.3 Å². The van der Waals surface area contributed by atoms with Gasteiger partial charge in [0.1, 0.15) is 0 Å². The third kappa shape index (κ3) is 4.39. The van der Waals surface area contributed by atoms with Crippen molar-refractivity contribution in [1.82, 2.24) is 0 Å². The van der Waals surface area contributed by atoms with Gasteiger partial charge in [0.25, 0.3) is 0 Å². The van der Waals surface area contributed by atoms with E-state index in [-0.39, 0.29) is 0 Å². The molecule has 0 aliphatic carbocycles. The van der Waals surface area contributed by atoms with Crippen molar-refractivity contribution in [3.63, 3.8) is 0 Å². The van der Waals surface area contributed by atoms with E-state index in [0.717, 1.165) is 18.7 Å². The van der Waals surface area contributed by atoms with Crippen molar-refractivity contribution in [2.24, 2.45) is 0 Å². The van der Waals surface area contributed by atoms with E-state index in [2.05, 4.69) is 63.7 Å². The fraction of sp³-hybridized carbons (Fsp3) is 0.200. The second-order valence-electron chi connectivity index (χ2n) is 3.93. The van der Waals surface area contributed by atoms with Gasteiger partial charge in [-0.3, -0.25) is 0 Å². The van der Waals surface area contributed by atoms with Gasteiger partial charge in [-0.15, -0.1) is 11.8 Å². The van der Waals surface area contributed by atoms with Gasteiger partial charge < -0.3 is 5.32 Å². The van der Waals surface area contributed by atoms with E-state index >= 15 is 0 Å². The molecule has 0 aliphatic rings. The van der Waals surface area contributed by atoms with Gasteiger partial charge in [0.2, 0.25) is 0 Å². The Morgan fingerprint density at radius 2 is 1.67 bits per heavy atom. The molecule has 0 aliphatic heterocycles. The first kappa shape index (κ1) is 13.5. The molecule has 94 valence electrons. The standard InChI is InChI=1S/C15H16BrNS/c16-14-9-4-5-10-15(14)18-12-6-11-17-13-7-2-1-3-8-13/h1-5,7-10,17H,6,11-12H2. The average Bonchev–Trinajstić information content (AvgIpc) is 2.42. The van der Waals surface area contributed by atoms with Crippen LogP contribution in [0.5, 0.6) is 0 Å². The van der Waals surface area contributed by atoms with Crippen LogP contribution in [0.1, 0.15) is 6.42 Å². The maximum atomic E-state index is 3.57. The summed E-state index contributed by atoms with van der Waals surface area (Å²) >= 11 is 5.46. The molecule has 2 aromatic carbocycles. The summed E-state index contributed by atoms with van der Waals surface area (Å²) in [6, 6.07) is 18.7. The van der Waals surface area contributed by atoms with Gasteiger partial charge in [0.15, 0.2) is 0 Å². The lowest BCUT2D eigenvalue weighted by Crippen LogP contribution is -2.02. The van der Waals surface area contributed by atoms with Crippen LogP contribution in [0.25, 0.3) is 0 Å². The highest BCUT2D eigenvalue weighted by atomic mass is 79.9. The second kappa shape index (κ2) is 7.49. The summed E-state index contributed by atoms with van der Waals surface area (Å²) in [4.78, 5) is 1.32. The van der Waals surface area contributed by atoms with Gasteiger partial charge in [0, 0.05) is 21.6 Å². The molecule has 0 spiro atoms. The molecule has 0 amide bonds. The highest BCUT2D eigenvalue weighted by Gasteiger charge is 1.98. The quantitative estimate of drug-likeness (QED) is 0.590. The van der Waals surface area contributed by atoms with Crippen LogP contribution in [0.3, 0.4) is 0 Å². The molecule has 0 atom stereocenters. The van der Waals surface area contributed by atoms with E-state index < -0.39 is 0 Å². The maximum absolute atomic E-state index is 3.57. The lowest BCUT2D eigenvalue weighted by Gasteiger charge is -2.06. The van der Waals surface area contributed by atoms with Gasteiger partial charge in [-0.05, 0) is 52.4 Å². The van der Waals surface area contributed by atoms with Crippen molar-refractivity contribution >= 4 is 33.4 Å². The normalized spacial score (nSPS) is 10.3. The maximum Gasteiger partial charge on any atom is 0.0340 e. The minimum atomic E-state index is 1.02. The first-order chi connectivity index (χ1) is 8.86. The number of nitrogens with one attached hydrogen (secondary N) is 1. The van der Waals surface area contributed by atoms with E-state index in [1.165, 1.54) is 15.1 Å². The lowest BCUT2D eigenvalue weighted by molar-refractivity contribution is 0.991. The number of thioether (sulfide) groups is 1. The SMILES string of the molecule is Brc1ccccc1SCCCNc1ccccc1. The molecule has 0 radical (unpaired) electrons. The average molecular weight is 322 g/mol. The van der Waals surface area contributed by atoms with Crippen molar-refractivity contribution in [3.8, 4) is 0 Å². The van der Waals surface area contributed by atoms with Crippen LogP contribution < -0.4 is 5.32 Å². The molecule has 1 nitrogen and oxygen atoms in total. The van der Waals surface area contributed by atoms with E-state index in [9.17, 15) is 0 Å². The molecule has 2 aromatic rings. The molecular formula is C15H16BrNS. The molecule has 2 rings (SSSR count). The summed E-state index contributed by atoms with van der Waals surface area (Å²) in [7, 11) is 0. The summed E-state index contributed by atoms with van der Waals surface area (Å²) in [6.07, 6.45) is 1.15. The Morgan fingerprint density at radius 3 is 2.44 bits per heavy atom. The molecule has 18 heavy (non-hydrogen) atoms. The number of halogens is 1. The molecule has 0 bridgehead atoms. The van der Waals surface area contributed by atoms with Gasteiger partial charge in [-0.2, -0.15) is 0 Å². The van der Waals surface area contributed by atoms with Gasteiger partial charge in [0.05, 0.1) is 0 Å². The Bertz CT molecular complexity index is 473. The smallest absolute Gasteiger partial charge is 0.0340 e. The Morgan fingerprint density at radius 1 is 0.944 bits per heavy atom. The Labute approximate surface area is 121 Å². The van der Waals surface area contributed by atoms with E-state index in [0.29, 0.717) is 0 Å². The highest BCUT2D eigenvalue weighted by Crippen LogP contribution is 2.27. The summed E-state index contributed by atoms with van der Waals surface area (Å²) in [5.74, 6) is 1.13. The molecule has 0 fully saturated rings. The fourth-order valence-electron chi connectivity index (χ4n) is 1.60. The van der Waals surface area contributed by atoms with Crippen LogP contribution in [-0.4, -0.2) is 12.3 Å². The van der Waals surface area contributed by atoms with Crippen LogP contribution in [0.2, 0.25) is 0 Å². The number of anilines is 1. The van der Waals surface area contributed by atoms with Gasteiger partial charge in [-0.25, -0.2) is 0 Å². The van der Waals surface area contributed by atoms with Gasteiger partial charge >= 0.3 is 0 Å². The van der Waals surface area contributed by atoms with Crippen LogP contribution >= 0.6 is 27.7 Å². The third-order valence-electron chi connectivity index (χ3n) is 2.52. The summed E-state index contributed by atoms with van der Waals surface area (Å²) in [5.41, 5.74) is 1.20. The van der Waals surface area contributed by atoms with Crippen molar-refractivity contribution in [3.05, 3.63) is 59.1 Å². The van der Waals surface area contributed by atoms with Crippen LogP contribution in [-0.2, 0) is 0 Å². The molecule has 3 heteroatoms. The number of hydrogen-bond acceptors (Lipinski definition) is 2. The Kier molecular flexibility index (Phi) is 5.62. The molecule has 0 aromatic heterocycles. The Balaban J connectivity index is 1.66. The largest absolute Gasteiger partial charge is 0.385 e. The predicted molar refractivity (Wildman–Crippen MR) is 84.4 cm³/mol. The van der Waals surface area contributed by atoms with E-state index in [4.69, 9.17) is 0 Å². The number of para-hydroxylation sites is 1. The number of benzene rings is 2. The highest BCUT2D eigenvalue weighted by molar-refractivity contribution is 9.10. The summed E-state index contributed by atoms with van der Waals surface area (Å²) < 4.78 is 1.19. The lowest BCUT2D eigenvalue weighted by atomic mass is 10.3. The predicted octanol–water partition coefficient (Wildman–Crippen LogP) is 5.04. The van der Waals surface area contributed by atoms with Gasteiger partial charge in [-0.1, -0.05) is 30.3 Å². The monoisotopic (exact) mass is 321 g/mol. The minimum Gasteiger partial charge on any atom is -0.385 e. The number of hydrogen-bond donors (Lipinski definition) is 1. The third-order valence-corrected chi connectivity index (χ3v) is 4.63. The second-order valence-corrected chi connectivity index (χ2v) is 5.92. The van der Waals surface area contributed by atoms with Crippen molar-refractivity contribution in [1.29, 1.82) is 0 Å². The zero-order valence-corrected chi connectivity index (χ0v) is 12.5. The summed E-state index contributed by atoms with van der Waals surface area (Å²) in [6.45, 7) is 1.02. The number of rotatable bonds is 6. The van der Waals surface area contributed by atoms with Crippen molar-refractivity contribution in [2.75, 3.05) is 17.6 Å². The summed E-state index contributed by atoms with van der Waals surface area (Å²) in [5, 5.41) is 3.42. The molecule has 0 saturated heterocycles. The van der Waals surface area contributed by atoms with E-state index in [1.807, 2.05) is 23.9 Å². The van der Waals surface area contributed by atoms with Crippen molar-refractivity contribution < 1.29 is 0 Å². The minimum absolute atomic E-state index is 1.02. The topological polar surface area (TPSA) is 12.0 Å². The molecule has 0 saturated carbocycles. The van der Waals surface area contributed by atoms with Crippen LogP contribution in [0.15, 0.2) is 64.0 Å². The van der Waals surface area contributed by atoms with Crippen LogP contribution in [0.4, 0.5) is 5.69 Å². The van der Waals surface area contributed by atoms with E-state index in [1.54, 1.807) is 0 Å². The zero-order chi connectivity index (χ0) is 12.6. The first-order valence-corrected chi connectivity index (χ1v) is 7.80. The first-order valence-electron chi connectivity index (χ1n) is 6.02. The molecule has 1 N–H and O–H groups in total. The fourth-order valence-corrected chi connectivity index (χ4v) is 3.12. The molecule has 0 heterocycles. The molecular weight excluding hydrogens is 306 g/mol. The molecule has 0 unspecified atom stereocenters. The van der Waals surface area contributed by atoms with Crippen LogP contribution in [0, 0.1) is 0 Å². The Hall–Kier alpha value is -0.930.